The highest BCUT2D eigenvalue weighted by atomic mass is 35.5. The summed E-state index contributed by atoms with van der Waals surface area (Å²) in [5, 5.41) is 0.506. The number of nitrogen functional groups attached to an aromatic ring is 1. The van der Waals surface area contributed by atoms with E-state index in [4.69, 9.17) is 17.3 Å². The summed E-state index contributed by atoms with van der Waals surface area (Å²) in [5.74, 6) is -0.966. The lowest BCUT2D eigenvalue weighted by molar-refractivity contribution is 0.577. The third kappa shape index (κ3) is 2.90. The van der Waals surface area contributed by atoms with Gasteiger partial charge in [0.05, 0.1) is 4.90 Å². The molecule has 0 aliphatic rings. The van der Waals surface area contributed by atoms with E-state index < -0.39 is 11.6 Å². The van der Waals surface area contributed by atoms with Crippen LogP contribution in [0.4, 0.5) is 14.5 Å². The largest absolute Gasteiger partial charge is 0.398 e. The van der Waals surface area contributed by atoms with Crippen LogP contribution in [0.25, 0.3) is 0 Å². The average molecular weight is 272 g/mol. The summed E-state index contributed by atoms with van der Waals surface area (Å²) in [6.07, 6.45) is 0. The van der Waals surface area contributed by atoms with Crippen molar-refractivity contribution in [3.05, 3.63) is 53.1 Å². The molecule has 0 aliphatic carbocycles. The average Bonchev–Trinajstić information content (AvgIpc) is 2.27. The topological polar surface area (TPSA) is 26.0 Å². The molecular weight excluding hydrogens is 264 g/mol. The van der Waals surface area contributed by atoms with Gasteiger partial charge in [0, 0.05) is 15.6 Å². The minimum Gasteiger partial charge on any atom is -0.398 e. The van der Waals surface area contributed by atoms with Gasteiger partial charge in [0.2, 0.25) is 0 Å². The van der Waals surface area contributed by atoms with E-state index in [0.717, 1.165) is 30.0 Å². The fourth-order valence-electron chi connectivity index (χ4n) is 1.29. The molecule has 0 bridgehead atoms. The molecule has 2 rings (SSSR count). The molecule has 0 atom stereocenters. The van der Waals surface area contributed by atoms with Gasteiger partial charge in [-0.05, 0) is 36.4 Å². The van der Waals surface area contributed by atoms with Gasteiger partial charge in [0.15, 0.2) is 0 Å². The Morgan fingerprint density at radius 2 is 1.76 bits per heavy atom. The van der Waals surface area contributed by atoms with Gasteiger partial charge >= 0.3 is 0 Å². The number of benzene rings is 2. The molecule has 0 aliphatic heterocycles. The van der Waals surface area contributed by atoms with Crippen molar-refractivity contribution in [1.82, 2.24) is 0 Å². The number of halogens is 3. The molecule has 0 saturated carbocycles. The summed E-state index contributed by atoms with van der Waals surface area (Å²) in [7, 11) is 0. The van der Waals surface area contributed by atoms with Crippen molar-refractivity contribution in [2.75, 3.05) is 5.73 Å². The summed E-state index contributed by atoms with van der Waals surface area (Å²) in [6, 6.07) is 8.19. The predicted molar refractivity (Wildman–Crippen MR) is 66.3 cm³/mol. The van der Waals surface area contributed by atoms with Gasteiger partial charge in [0.25, 0.3) is 0 Å². The second-order valence-corrected chi connectivity index (χ2v) is 4.88. The lowest BCUT2D eigenvalue weighted by atomic mass is 10.3. The van der Waals surface area contributed by atoms with E-state index in [-0.39, 0.29) is 4.90 Å². The summed E-state index contributed by atoms with van der Waals surface area (Å²) >= 11 is 6.82. The first-order valence-corrected chi connectivity index (χ1v) is 5.93. The van der Waals surface area contributed by atoms with Crippen LogP contribution in [0.3, 0.4) is 0 Å². The molecule has 0 aromatic heterocycles. The fourth-order valence-corrected chi connectivity index (χ4v) is 2.35. The first kappa shape index (κ1) is 12.2. The van der Waals surface area contributed by atoms with Crippen LogP contribution in [0.1, 0.15) is 0 Å². The molecule has 1 nitrogen and oxygen atoms in total. The van der Waals surface area contributed by atoms with Crippen molar-refractivity contribution in [3.63, 3.8) is 0 Å². The minimum absolute atomic E-state index is 0.194. The van der Waals surface area contributed by atoms with Crippen molar-refractivity contribution in [1.29, 1.82) is 0 Å². The number of hydrogen-bond acceptors (Lipinski definition) is 2. The highest BCUT2D eigenvalue weighted by Crippen LogP contribution is 2.35. The Labute approximate surface area is 107 Å². The molecule has 0 radical (unpaired) electrons. The van der Waals surface area contributed by atoms with Crippen LogP contribution in [-0.4, -0.2) is 0 Å². The number of nitrogens with two attached hydrogens (primary N) is 1. The maximum Gasteiger partial charge on any atom is 0.137 e. The summed E-state index contributed by atoms with van der Waals surface area (Å²) < 4.78 is 26.4. The Bertz CT molecular complexity index is 560. The first-order chi connectivity index (χ1) is 8.06. The van der Waals surface area contributed by atoms with Gasteiger partial charge in [-0.15, -0.1) is 0 Å². The molecule has 2 aromatic carbocycles. The van der Waals surface area contributed by atoms with E-state index in [0.29, 0.717) is 15.6 Å². The second kappa shape index (κ2) is 4.94. The Kier molecular flexibility index (Phi) is 3.54. The van der Waals surface area contributed by atoms with Crippen molar-refractivity contribution in [2.45, 2.75) is 9.79 Å². The molecular formula is C12H8ClF2NS. The summed E-state index contributed by atoms with van der Waals surface area (Å²) in [4.78, 5) is 0.831. The highest BCUT2D eigenvalue weighted by molar-refractivity contribution is 7.99. The van der Waals surface area contributed by atoms with Crippen LogP contribution in [0.15, 0.2) is 46.2 Å². The second-order valence-electron chi connectivity index (χ2n) is 3.36. The molecule has 0 saturated heterocycles. The summed E-state index contributed by atoms with van der Waals surface area (Å²) in [5.41, 5.74) is 6.17. The molecule has 0 amide bonds. The molecule has 0 heterocycles. The molecule has 5 heteroatoms. The fraction of sp³-hybridized carbons (Fsp3) is 0. The smallest absolute Gasteiger partial charge is 0.137 e. The molecule has 88 valence electrons. The van der Waals surface area contributed by atoms with Crippen LogP contribution >= 0.6 is 23.4 Å². The maximum absolute atomic E-state index is 13.4. The molecule has 0 unspecified atom stereocenters. The molecule has 17 heavy (non-hydrogen) atoms. The standard InChI is InChI=1S/C12H8ClF2NS/c13-7-1-4-11(10(16)5-7)17-12-6-8(14)2-3-9(12)15/h1-6H,16H2. The lowest BCUT2D eigenvalue weighted by Gasteiger charge is -2.06. The summed E-state index contributed by atoms with van der Waals surface area (Å²) in [6.45, 7) is 0. The van der Waals surface area contributed by atoms with Crippen LogP contribution < -0.4 is 5.73 Å². The van der Waals surface area contributed by atoms with E-state index in [1.165, 1.54) is 0 Å². The third-order valence-electron chi connectivity index (χ3n) is 2.08. The molecule has 0 fully saturated rings. The SMILES string of the molecule is Nc1cc(Cl)ccc1Sc1cc(F)ccc1F. The normalized spacial score (nSPS) is 10.5. The molecule has 2 aromatic rings. The zero-order valence-corrected chi connectivity index (χ0v) is 10.2. The number of hydrogen-bond donors (Lipinski definition) is 1. The zero-order valence-electron chi connectivity index (χ0n) is 8.58. The van der Waals surface area contributed by atoms with Crippen LogP contribution in [0, 0.1) is 11.6 Å². The van der Waals surface area contributed by atoms with Gasteiger partial charge in [-0.1, -0.05) is 23.4 Å². The number of anilines is 1. The van der Waals surface area contributed by atoms with E-state index in [2.05, 4.69) is 0 Å². The van der Waals surface area contributed by atoms with Gasteiger partial charge < -0.3 is 5.73 Å². The van der Waals surface area contributed by atoms with Crippen molar-refractivity contribution in [2.24, 2.45) is 0 Å². The lowest BCUT2D eigenvalue weighted by Crippen LogP contribution is -1.89. The van der Waals surface area contributed by atoms with E-state index in [1.807, 2.05) is 0 Å². The Morgan fingerprint density at radius 1 is 1.00 bits per heavy atom. The quantitative estimate of drug-likeness (QED) is 0.822. The molecule has 2 N–H and O–H groups in total. The zero-order chi connectivity index (χ0) is 12.4. The Morgan fingerprint density at radius 3 is 2.47 bits per heavy atom. The predicted octanol–water partition coefficient (Wildman–Crippen LogP) is 4.35. The van der Waals surface area contributed by atoms with Gasteiger partial charge in [-0.3, -0.25) is 0 Å². The third-order valence-corrected chi connectivity index (χ3v) is 3.44. The van der Waals surface area contributed by atoms with Crippen LogP contribution in [-0.2, 0) is 0 Å². The van der Waals surface area contributed by atoms with Crippen LogP contribution in [0.5, 0.6) is 0 Å². The monoisotopic (exact) mass is 271 g/mol. The van der Waals surface area contributed by atoms with Crippen molar-refractivity contribution < 1.29 is 8.78 Å². The Balaban J connectivity index is 2.34. The van der Waals surface area contributed by atoms with Crippen molar-refractivity contribution >= 4 is 29.1 Å². The van der Waals surface area contributed by atoms with Crippen LogP contribution in [0.2, 0.25) is 5.02 Å². The van der Waals surface area contributed by atoms with Gasteiger partial charge in [0.1, 0.15) is 11.6 Å². The van der Waals surface area contributed by atoms with E-state index >= 15 is 0 Å². The first-order valence-electron chi connectivity index (χ1n) is 4.74. The number of rotatable bonds is 2. The van der Waals surface area contributed by atoms with E-state index in [9.17, 15) is 8.78 Å². The Hall–Kier alpha value is -1.26. The van der Waals surface area contributed by atoms with Crippen molar-refractivity contribution in [3.8, 4) is 0 Å². The highest BCUT2D eigenvalue weighted by Gasteiger charge is 2.08. The maximum atomic E-state index is 13.4. The van der Waals surface area contributed by atoms with Gasteiger partial charge in [-0.2, -0.15) is 0 Å². The molecule has 0 spiro atoms. The minimum atomic E-state index is -0.485. The van der Waals surface area contributed by atoms with E-state index in [1.54, 1.807) is 18.2 Å². The van der Waals surface area contributed by atoms with Gasteiger partial charge in [-0.25, -0.2) is 8.78 Å².